The molecular weight excluding hydrogens is 176 g/mol. The summed E-state index contributed by atoms with van der Waals surface area (Å²) in [5.41, 5.74) is 0. The van der Waals surface area contributed by atoms with Gasteiger partial charge in [-0.05, 0) is 12.8 Å². The summed E-state index contributed by atoms with van der Waals surface area (Å²) in [4.78, 5) is 2.28. The van der Waals surface area contributed by atoms with Gasteiger partial charge in [0.25, 0.3) is 0 Å². The molecule has 0 aromatic rings. The Kier molecular flexibility index (Phi) is 2.10. The van der Waals surface area contributed by atoms with E-state index in [1.165, 1.54) is 12.8 Å². The quantitative estimate of drug-likeness (QED) is 0.600. The minimum atomic E-state index is -2.95. The SMILES string of the molecule is O=S1(=O)CCN(C2CC2)CCN1. The summed E-state index contributed by atoms with van der Waals surface area (Å²) in [7, 11) is -2.95. The highest BCUT2D eigenvalue weighted by molar-refractivity contribution is 7.89. The fourth-order valence-corrected chi connectivity index (χ4v) is 2.59. The first kappa shape index (κ1) is 8.47. The van der Waals surface area contributed by atoms with Gasteiger partial charge < -0.3 is 0 Å². The Hall–Kier alpha value is -0.130. The summed E-state index contributed by atoms with van der Waals surface area (Å²) >= 11 is 0. The van der Waals surface area contributed by atoms with Crippen LogP contribution in [0.1, 0.15) is 12.8 Å². The fraction of sp³-hybridized carbons (Fsp3) is 1.00. The molecule has 1 aliphatic heterocycles. The second-order valence-electron chi connectivity index (χ2n) is 3.48. The van der Waals surface area contributed by atoms with Gasteiger partial charge in [0, 0.05) is 25.7 Å². The van der Waals surface area contributed by atoms with E-state index in [-0.39, 0.29) is 5.75 Å². The predicted molar refractivity (Wildman–Crippen MR) is 46.4 cm³/mol. The van der Waals surface area contributed by atoms with Gasteiger partial charge in [0.2, 0.25) is 10.0 Å². The molecule has 0 spiro atoms. The number of sulfonamides is 1. The molecule has 5 heteroatoms. The molecule has 1 saturated carbocycles. The molecule has 2 rings (SSSR count). The van der Waals surface area contributed by atoms with Crippen LogP contribution in [0.4, 0.5) is 0 Å². The number of hydrogen-bond donors (Lipinski definition) is 1. The minimum absolute atomic E-state index is 0.267. The largest absolute Gasteiger partial charge is 0.298 e. The van der Waals surface area contributed by atoms with Crippen LogP contribution in [0, 0.1) is 0 Å². The third kappa shape index (κ3) is 1.97. The maximum atomic E-state index is 11.1. The van der Waals surface area contributed by atoms with Crippen molar-refractivity contribution in [3.05, 3.63) is 0 Å². The van der Waals surface area contributed by atoms with Gasteiger partial charge in [-0.25, -0.2) is 13.1 Å². The van der Waals surface area contributed by atoms with E-state index < -0.39 is 10.0 Å². The molecule has 0 atom stereocenters. The first-order chi connectivity index (χ1) is 5.67. The number of rotatable bonds is 1. The summed E-state index contributed by atoms with van der Waals surface area (Å²) in [6, 6.07) is 0.681. The van der Waals surface area contributed by atoms with E-state index in [2.05, 4.69) is 9.62 Å². The summed E-state index contributed by atoms with van der Waals surface area (Å²) in [6.45, 7) is 2.17. The van der Waals surface area contributed by atoms with Crippen molar-refractivity contribution >= 4 is 10.0 Å². The Morgan fingerprint density at radius 1 is 1.25 bits per heavy atom. The Morgan fingerprint density at radius 2 is 2.00 bits per heavy atom. The van der Waals surface area contributed by atoms with Crippen molar-refractivity contribution in [2.24, 2.45) is 0 Å². The Balaban J connectivity index is 1.97. The summed E-state index contributed by atoms with van der Waals surface area (Å²) < 4.78 is 24.8. The second-order valence-corrected chi connectivity index (χ2v) is 5.41. The van der Waals surface area contributed by atoms with Crippen LogP contribution in [0.15, 0.2) is 0 Å². The van der Waals surface area contributed by atoms with Crippen LogP contribution in [-0.4, -0.2) is 44.7 Å². The summed E-state index contributed by atoms with van der Waals surface area (Å²) in [5.74, 6) is 0.267. The number of hydrogen-bond acceptors (Lipinski definition) is 3. The normalized spacial score (nSPS) is 31.3. The first-order valence-corrected chi connectivity index (χ1v) is 6.04. The van der Waals surface area contributed by atoms with E-state index in [1.54, 1.807) is 0 Å². The highest BCUT2D eigenvalue weighted by Crippen LogP contribution is 2.26. The van der Waals surface area contributed by atoms with Crippen LogP contribution >= 0.6 is 0 Å². The molecule has 1 aliphatic carbocycles. The average molecular weight is 190 g/mol. The molecule has 0 radical (unpaired) electrons. The smallest absolute Gasteiger partial charge is 0.212 e. The fourth-order valence-electron chi connectivity index (χ4n) is 1.57. The highest BCUT2D eigenvalue weighted by Gasteiger charge is 2.31. The summed E-state index contributed by atoms with van der Waals surface area (Å²) in [6.07, 6.45) is 2.50. The van der Waals surface area contributed by atoms with Crippen LogP contribution < -0.4 is 4.72 Å². The maximum Gasteiger partial charge on any atom is 0.212 e. The third-order valence-electron chi connectivity index (χ3n) is 2.43. The van der Waals surface area contributed by atoms with Gasteiger partial charge in [0.1, 0.15) is 0 Å². The lowest BCUT2D eigenvalue weighted by atomic mass is 10.4. The monoisotopic (exact) mass is 190 g/mol. The van der Waals surface area contributed by atoms with E-state index in [0.717, 1.165) is 6.54 Å². The van der Waals surface area contributed by atoms with Crippen LogP contribution in [0.25, 0.3) is 0 Å². The molecule has 0 bridgehead atoms. The van der Waals surface area contributed by atoms with Crippen LogP contribution in [0.3, 0.4) is 0 Å². The zero-order valence-electron chi connectivity index (χ0n) is 6.99. The number of nitrogens with zero attached hydrogens (tertiary/aromatic N) is 1. The lowest BCUT2D eigenvalue weighted by Crippen LogP contribution is -2.30. The lowest BCUT2D eigenvalue weighted by molar-refractivity contribution is 0.290. The minimum Gasteiger partial charge on any atom is -0.298 e. The molecule has 0 aromatic heterocycles. The standard InChI is InChI=1S/C7H14N2O2S/c10-12(11)6-5-9(4-3-8-12)7-1-2-7/h7-8H,1-6H2. The lowest BCUT2D eigenvalue weighted by Gasteiger charge is -2.16. The van der Waals surface area contributed by atoms with E-state index in [0.29, 0.717) is 19.1 Å². The van der Waals surface area contributed by atoms with Gasteiger partial charge in [-0.2, -0.15) is 0 Å². The average Bonchev–Trinajstić information content (AvgIpc) is 2.74. The van der Waals surface area contributed by atoms with Crippen LogP contribution in [0.5, 0.6) is 0 Å². The molecule has 0 unspecified atom stereocenters. The van der Waals surface area contributed by atoms with E-state index in [1.807, 2.05) is 0 Å². The highest BCUT2D eigenvalue weighted by atomic mass is 32.2. The molecule has 2 aliphatic rings. The molecule has 1 saturated heterocycles. The molecule has 0 amide bonds. The Bertz CT molecular complexity index is 259. The third-order valence-corrected chi connectivity index (χ3v) is 3.80. The molecule has 0 aromatic carbocycles. The maximum absolute atomic E-state index is 11.1. The first-order valence-electron chi connectivity index (χ1n) is 4.39. The zero-order valence-corrected chi connectivity index (χ0v) is 7.81. The van der Waals surface area contributed by atoms with E-state index in [4.69, 9.17) is 0 Å². The van der Waals surface area contributed by atoms with Crippen molar-refractivity contribution in [1.82, 2.24) is 9.62 Å². The van der Waals surface area contributed by atoms with Crippen molar-refractivity contribution in [3.8, 4) is 0 Å². The molecule has 4 nitrogen and oxygen atoms in total. The van der Waals surface area contributed by atoms with Gasteiger partial charge in [-0.1, -0.05) is 0 Å². The van der Waals surface area contributed by atoms with Crippen LogP contribution in [-0.2, 0) is 10.0 Å². The topological polar surface area (TPSA) is 49.4 Å². The molecule has 12 heavy (non-hydrogen) atoms. The predicted octanol–water partition coefficient (Wildman–Crippen LogP) is -0.616. The molecule has 1 heterocycles. The molecule has 1 N–H and O–H groups in total. The zero-order chi connectivity index (χ0) is 8.60. The van der Waals surface area contributed by atoms with Crippen molar-refractivity contribution in [3.63, 3.8) is 0 Å². The second kappa shape index (κ2) is 2.97. The number of nitrogens with one attached hydrogen (secondary N) is 1. The molecule has 2 fully saturated rings. The van der Waals surface area contributed by atoms with Crippen molar-refractivity contribution in [2.45, 2.75) is 18.9 Å². The summed E-state index contributed by atoms with van der Waals surface area (Å²) in [5, 5.41) is 0. The van der Waals surface area contributed by atoms with Crippen LogP contribution in [0.2, 0.25) is 0 Å². The van der Waals surface area contributed by atoms with Crippen molar-refractivity contribution in [2.75, 3.05) is 25.4 Å². The molecule has 70 valence electrons. The molecular formula is C7H14N2O2S. The van der Waals surface area contributed by atoms with Gasteiger partial charge in [-0.15, -0.1) is 0 Å². The Morgan fingerprint density at radius 3 is 2.67 bits per heavy atom. The van der Waals surface area contributed by atoms with Gasteiger partial charge in [-0.3, -0.25) is 4.90 Å². The van der Waals surface area contributed by atoms with Crippen molar-refractivity contribution < 1.29 is 8.42 Å². The van der Waals surface area contributed by atoms with Crippen molar-refractivity contribution in [1.29, 1.82) is 0 Å². The van der Waals surface area contributed by atoms with E-state index >= 15 is 0 Å². The van der Waals surface area contributed by atoms with Gasteiger partial charge in [0.15, 0.2) is 0 Å². The Labute approximate surface area is 73.0 Å². The van der Waals surface area contributed by atoms with E-state index in [9.17, 15) is 8.42 Å². The van der Waals surface area contributed by atoms with Gasteiger partial charge >= 0.3 is 0 Å². The van der Waals surface area contributed by atoms with Gasteiger partial charge in [0.05, 0.1) is 5.75 Å².